The number of rotatable bonds is 1. The Morgan fingerprint density at radius 1 is 1.16 bits per heavy atom. The molecule has 0 unspecified atom stereocenters. The van der Waals surface area contributed by atoms with Crippen LogP contribution in [0.3, 0.4) is 0 Å². The second kappa shape index (κ2) is 5.57. The summed E-state index contributed by atoms with van der Waals surface area (Å²) in [6.45, 7) is 13.5. The number of hydrogen-bond acceptors (Lipinski definition) is 5. The Labute approximate surface area is 148 Å². The monoisotopic (exact) mass is 344 g/mol. The second-order valence-corrected chi connectivity index (χ2v) is 8.42. The van der Waals surface area contributed by atoms with Crippen molar-refractivity contribution in [1.82, 2.24) is 9.55 Å². The second-order valence-electron chi connectivity index (χ2n) is 8.42. The molecular formula is C18H25BN2O4. The highest BCUT2D eigenvalue weighted by Crippen LogP contribution is 2.37. The van der Waals surface area contributed by atoms with Gasteiger partial charge in [0, 0.05) is 23.2 Å². The fourth-order valence-corrected chi connectivity index (χ4v) is 2.71. The van der Waals surface area contributed by atoms with Gasteiger partial charge in [0.1, 0.15) is 5.60 Å². The number of carbonyl (C=O) groups is 1. The first-order valence-corrected chi connectivity index (χ1v) is 8.45. The molecule has 7 heteroatoms. The third-order valence-corrected chi connectivity index (χ3v) is 4.74. The van der Waals surface area contributed by atoms with E-state index in [0.717, 1.165) is 10.8 Å². The van der Waals surface area contributed by atoms with E-state index in [1.807, 2.05) is 54.5 Å². The minimum atomic E-state index is -0.565. The van der Waals surface area contributed by atoms with Gasteiger partial charge in [-0.25, -0.2) is 4.79 Å². The van der Waals surface area contributed by atoms with Crippen molar-refractivity contribution in [2.45, 2.75) is 65.3 Å². The normalized spacial score (nSPS) is 19.4. The van der Waals surface area contributed by atoms with Gasteiger partial charge in [0.05, 0.1) is 22.9 Å². The Morgan fingerprint density at radius 3 is 2.32 bits per heavy atom. The van der Waals surface area contributed by atoms with Crippen molar-refractivity contribution in [1.29, 1.82) is 0 Å². The van der Waals surface area contributed by atoms with E-state index in [4.69, 9.17) is 14.0 Å². The first-order chi connectivity index (χ1) is 11.4. The average molecular weight is 344 g/mol. The van der Waals surface area contributed by atoms with Crippen molar-refractivity contribution in [3.8, 4) is 0 Å². The molecule has 1 saturated heterocycles. The third kappa shape index (κ3) is 3.18. The first-order valence-electron chi connectivity index (χ1n) is 8.45. The fourth-order valence-electron chi connectivity index (χ4n) is 2.71. The lowest BCUT2D eigenvalue weighted by atomic mass is 9.78. The molecule has 0 atom stereocenters. The van der Waals surface area contributed by atoms with Crippen molar-refractivity contribution in [2.24, 2.45) is 0 Å². The zero-order chi connectivity index (χ0) is 18.6. The van der Waals surface area contributed by atoms with Gasteiger partial charge in [0.15, 0.2) is 0 Å². The highest BCUT2D eigenvalue weighted by Gasteiger charge is 2.52. The molecule has 1 aliphatic heterocycles. The largest absolute Gasteiger partial charge is 0.497 e. The molecule has 2 aromatic heterocycles. The molecule has 134 valence electrons. The van der Waals surface area contributed by atoms with Crippen LogP contribution >= 0.6 is 0 Å². The molecule has 0 radical (unpaired) electrons. The Morgan fingerprint density at radius 2 is 1.76 bits per heavy atom. The summed E-state index contributed by atoms with van der Waals surface area (Å²) < 4.78 is 19.2. The molecule has 6 nitrogen and oxygen atoms in total. The van der Waals surface area contributed by atoms with E-state index in [1.54, 1.807) is 18.6 Å². The Hall–Kier alpha value is -1.86. The van der Waals surface area contributed by atoms with E-state index < -0.39 is 30.0 Å². The highest BCUT2D eigenvalue weighted by molar-refractivity contribution is 6.65. The van der Waals surface area contributed by atoms with Crippen molar-refractivity contribution >= 4 is 29.6 Å². The van der Waals surface area contributed by atoms with Crippen LogP contribution in [0, 0.1) is 0 Å². The van der Waals surface area contributed by atoms with E-state index in [0.29, 0.717) is 5.52 Å². The number of pyridine rings is 1. The zero-order valence-corrected chi connectivity index (χ0v) is 15.9. The van der Waals surface area contributed by atoms with E-state index >= 15 is 0 Å². The lowest BCUT2D eigenvalue weighted by Gasteiger charge is -2.32. The fraction of sp³-hybridized carbons (Fsp3) is 0.556. The summed E-state index contributed by atoms with van der Waals surface area (Å²) in [5.74, 6) is 0. The lowest BCUT2D eigenvalue weighted by molar-refractivity contribution is 0.00578. The summed E-state index contributed by atoms with van der Waals surface area (Å²) in [6, 6.07) is 1.86. The predicted molar refractivity (Wildman–Crippen MR) is 97.1 cm³/mol. The summed E-state index contributed by atoms with van der Waals surface area (Å²) in [4.78, 5) is 16.7. The van der Waals surface area contributed by atoms with Gasteiger partial charge in [-0.1, -0.05) is 0 Å². The molecule has 2 aromatic rings. The molecule has 1 aliphatic rings. The van der Waals surface area contributed by atoms with Crippen LogP contribution in [-0.4, -0.2) is 39.6 Å². The van der Waals surface area contributed by atoms with Crippen LogP contribution in [0.25, 0.3) is 10.9 Å². The van der Waals surface area contributed by atoms with Crippen LogP contribution in [0.4, 0.5) is 4.79 Å². The maximum Gasteiger partial charge on any atom is 0.497 e. The van der Waals surface area contributed by atoms with Gasteiger partial charge in [0.25, 0.3) is 0 Å². The van der Waals surface area contributed by atoms with Gasteiger partial charge in [0.2, 0.25) is 0 Å². The Kier molecular flexibility index (Phi) is 4.00. The van der Waals surface area contributed by atoms with Crippen LogP contribution in [0.15, 0.2) is 24.7 Å². The van der Waals surface area contributed by atoms with E-state index in [1.165, 1.54) is 4.57 Å². The molecule has 1 fully saturated rings. The quantitative estimate of drug-likeness (QED) is 0.744. The smallest absolute Gasteiger partial charge is 0.443 e. The summed E-state index contributed by atoms with van der Waals surface area (Å²) in [7, 11) is -0.532. The number of nitrogens with zero attached hydrogens (tertiary/aromatic N) is 2. The average Bonchev–Trinajstić information content (AvgIpc) is 2.95. The maximum absolute atomic E-state index is 12.4. The van der Waals surface area contributed by atoms with Crippen molar-refractivity contribution < 1.29 is 18.8 Å². The molecule has 3 heterocycles. The number of aromatic nitrogens is 2. The van der Waals surface area contributed by atoms with Gasteiger partial charge in [-0.05, 0) is 54.5 Å². The first kappa shape index (κ1) is 18.0. The summed E-state index contributed by atoms with van der Waals surface area (Å²) in [5, 5.41) is 0.861. The summed E-state index contributed by atoms with van der Waals surface area (Å²) >= 11 is 0. The van der Waals surface area contributed by atoms with Crippen LogP contribution < -0.4 is 5.46 Å². The van der Waals surface area contributed by atoms with Crippen molar-refractivity contribution in [3.05, 3.63) is 24.7 Å². The highest BCUT2D eigenvalue weighted by atomic mass is 16.7. The zero-order valence-electron chi connectivity index (χ0n) is 15.9. The van der Waals surface area contributed by atoms with Gasteiger partial charge in [-0.2, -0.15) is 0 Å². The number of hydrogen-bond donors (Lipinski definition) is 0. The molecule has 25 heavy (non-hydrogen) atoms. The molecule has 0 spiro atoms. The van der Waals surface area contributed by atoms with Gasteiger partial charge in [-0.15, -0.1) is 0 Å². The number of ether oxygens (including phenoxy) is 1. The molecule has 0 aliphatic carbocycles. The van der Waals surface area contributed by atoms with E-state index in [-0.39, 0.29) is 0 Å². The minimum Gasteiger partial charge on any atom is -0.443 e. The van der Waals surface area contributed by atoms with E-state index in [2.05, 4.69) is 4.98 Å². The molecule has 0 amide bonds. The molecule has 0 aromatic carbocycles. The molecule has 0 saturated carbocycles. The standard InChI is InChI=1S/C18H25BN2O4/c1-16(2,3)23-15(22)21-9-8-12-13(10-20-11-14(12)21)19-24-17(4,5)18(6,7)25-19/h8-11H,1-7H3. The molecule has 3 rings (SSSR count). The Bertz CT molecular complexity index is 804. The lowest BCUT2D eigenvalue weighted by Crippen LogP contribution is -2.41. The van der Waals surface area contributed by atoms with Gasteiger partial charge >= 0.3 is 13.2 Å². The maximum atomic E-state index is 12.4. The van der Waals surface area contributed by atoms with Gasteiger partial charge < -0.3 is 14.0 Å². The Balaban J connectivity index is 1.99. The molecular weight excluding hydrogens is 319 g/mol. The van der Waals surface area contributed by atoms with Gasteiger partial charge in [-0.3, -0.25) is 9.55 Å². The SMILES string of the molecule is CC(C)(C)OC(=O)n1ccc2c(B3OC(C)(C)C(C)(C)O3)cncc21. The topological polar surface area (TPSA) is 62.6 Å². The predicted octanol–water partition coefficient (Wildman–Crippen LogP) is 3.12. The molecule has 0 bridgehead atoms. The van der Waals surface area contributed by atoms with Crippen LogP contribution in [0.5, 0.6) is 0 Å². The number of fused-ring (bicyclic) bond motifs is 1. The summed E-state index contributed by atoms with van der Waals surface area (Å²) in [5.41, 5.74) is 0.0332. The summed E-state index contributed by atoms with van der Waals surface area (Å²) in [6.07, 6.45) is 4.63. The van der Waals surface area contributed by atoms with E-state index in [9.17, 15) is 4.79 Å². The molecule has 0 N–H and O–H groups in total. The van der Waals surface area contributed by atoms with Crippen LogP contribution in [0.2, 0.25) is 0 Å². The number of carbonyl (C=O) groups excluding carboxylic acids is 1. The third-order valence-electron chi connectivity index (χ3n) is 4.74. The van der Waals surface area contributed by atoms with Crippen molar-refractivity contribution in [3.63, 3.8) is 0 Å². The van der Waals surface area contributed by atoms with Crippen LogP contribution in [0.1, 0.15) is 48.5 Å². The van der Waals surface area contributed by atoms with Crippen LogP contribution in [-0.2, 0) is 14.0 Å². The van der Waals surface area contributed by atoms with Crippen molar-refractivity contribution in [2.75, 3.05) is 0 Å². The minimum absolute atomic E-state index is 0.435.